The second-order valence-corrected chi connectivity index (χ2v) is 8.81. The van der Waals surface area contributed by atoms with E-state index < -0.39 is 26.7 Å². The maximum atomic E-state index is 12.8. The first-order chi connectivity index (χ1) is 12.6. The quantitative estimate of drug-likeness (QED) is 0.757. The third-order valence-corrected chi connectivity index (χ3v) is 6.56. The molecule has 1 aromatic carbocycles. The van der Waals surface area contributed by atoms with E-state index in [1.807, 2.05) is 0 Å². The van der Waals surface area contributed by atoms with Crippen molar-refractivity contribution in [2.75, 3.05) is 26.2 Å². The van der Waals surface area contributed by atoms with Crippen molar-refractivity contribution in [1.29, 1.82) is 0 Å². The molecule has 0 saturated carbocycles. The fourth-order valence-electron chi connectivity index (χ4n) is 2.78. The van der Waals surface area contributed by atoms with E-state index in [0.717, 1.165) is 27.0 Å². The molecule has 0 spiro atoms. The second-order valence-electron chi connectivity index (χ2n) is 5.95. The molecule has 2 heterocycles. The van der Waals surface area contributed by atoms with Gasteiger partial charge in [-0.25, -0.2) is 8.42 Å². The topological polar surface area (TPSA) is 73.5 Å². The molecule has 1 aliphatic rings. The first kappa shape index (κ1) is 19.9. The molecule has 146 valence electrons. The number of sulfonamides is 1. The monoisotopic (exact) mass is 465 g/mol. The highest BCUT2D eigenvalue weighted by Gasteiger charge is 2.34. The Bertz CT molecular complexity index is 951. The Labute approximate surface area is 162 Å². The van der Waals surface area contributed by atoms with Gasteiger partial charge in [0.2, 0.25) is 10.0 Å². The summed E-state index contributed by atoms with van der Waals surface area (Å²) in [5.74, 6) is -0.267. The summed E-state index contributed by atoms with van der Waals surface area (Å²) in [5, 5.41) is 0. The Kier molecular flexibility index (Phi) is 5.37. The Morgan fingerprint density at radius 3 is 2.33 bits per heavy atom. The summed E-state index contributed by atoms with van der Waals surface area (Å²) in [6.45, 7) is 0.305. The minimum Gasteiger partial charge on any atom is -0.356 e. The molecule has 1 N–H and O–H groups in total. The van der Waals surface area contributed by atoms with Crippen molar-refractivity contribution >= 4 is 31.9 Å². The van der Waals surface area contributed by atoms with E-state index in [-0.39, 0.29) is 32.1 Å². The van der Waals surface area contributed by atoms with Crippen molar-refractivity contribution in [2.24, 2.45) is 0 Å². The maximum absolute atomic E-state index is 12.8. The molecular formula is C16H15BrF3N3O3S. The molecule has 1 saturated heterocycles. The first-order valence-corrected chi connectivity index (χ1v) is 10.1. The van der Waals surface area contributed by atoms with Crippen molar-refractivity contribution in [3.05, 3.63) is 52.3 Å². The largest absolute Gasteiger partial charge is 0.416 e. The molecule has 1 fully saturated rings. The number of aromatic nitrogens is 1. The van der Waals surface area contributed by atoms with Crippen LogP contribution in [0.4, 0.5) is 13.2 Å². The summed E-state index contributed by atoms with van der Waals surface area (Å²) in [5.41, 5.74) is -0.647. The lowest BCUT2D eigenvalue weighted by Crippen LogP contribution is -2.50. The lowest BCUT2D eigenvalue weighted by Gasteiger charge is -2.33. The summed E-state index contributed by atoms with van der Waals surface area (Å²) >= 11 is 3.24. The number of carbonyl (C=O) groups excluding carboxylic acids is 1. The molecule has 1 aromatic heterocycles. The molecule has 3 rings (SSSR count). The highest BCUT2D eigenvalue weighted by molar-refractivity contribution is 9.10. The molecule has 2 aromatic rings. The smallest absolute Gasteiger partial charge is 0.356 e. The third kappa shape index (κ3) is 4.19. The zero-order chi connectivity index (χ0) is 19.8. The van der Waals surface area contributed by atoms with Crippen molar-refractivity contribution in [2.45, 2.75) is 11.1 Å². The lowest BCUT2D eigenvalue weighted by atomic mass is 10.2. The number of nitrogens with zero attached hydrogens (tertiary/aromatic N) is 2. The van der Waals surface area contributed by atoms with E-state index >= 15 is 0 Å². The number of piperazine rings is 1. The van der Waals surface area contributed by atoms with Gasteiger partial charge in [-0.15, -0.1) is 0 Å². The number of nitrogens with one attached hydrogen (secondary N) is 1. The zero-order valence-corrected chi connectivity index (χ0v) is 16.2. The van der Waals surface area contributed by atoms with E-state index in [4.69, 9.17) is 0 Å². The maximum Gasteiger partial charge on any atom is 0.416 e. The van der Waals surface area contributed by atoms with Crippen molar-refractivity contribution < 1.29 is 26.4 Å². The van der Waals surface area contributed by atoms with Crippen LogP contribution in [0.5, 0.6) is 0 Å². The summed E-state index contributed by atoms with van der Waals surface area (Å²) in [6, 6.07) is 5.28. The molecular weight excluding hydrogens is 451 g/mol. The number of amides is 1. The fraction of sp³-hybridized carbons (Fsp3) is 0.312. The molecule has 1 amide bonds. The van der Waals surface area contributed by atoms with Crippen LogP contribution in [0, 0.1) is 0 Å². The third-order valence-electron chi connectivity index (χ3n) is 4.20. The van der Waals surface area contributed by atoms with Crippen molar-refractivity contribution in [3.63, 3.8) is 0 Å². The van der Waals surface area contributed by atoms with Crippen LogP contribution in [0.15, 0.2) is 45.9 Å². The average Bonchev–Trinajstić information content (AvgIpc) is 3.07. The summed E-state index contributed by atoms with van der Waals surface area (Å²) in [7, 11) is -4.07. The van der Waals surface area contributed by atoms with Crippen LogP contribution < -0.4 is 0 Å². The van der Waals surface area contributed by atoms with Crippen LogP contribution in [0.2, 0.25) is 0 Å². The number of benzene rings is 1. The van der Waals surface area contributed by atoms with Crippen LogP contribution in [0.3, 0.4) is 0 Å². The normalized spacial score (nSPS) is 16.5. The predicted molar refractivity (Wildman–Crippen MR) is 94.6 cm³/mol. The number of halogens is 4. The number of hydrogen-bond donors (Lipinski definition) is 1. The highest BCUT2D eigenvalue weighted by atomic mass is 79.9. The zero-order valence-electron chi connectivity index (χ0n) is 13.8. The molecule has 0 unspecified atom stereocenters. The molecule has 0 atom stereocenters. The van der Waals surface area contributed by atoms with Gasteiger partial charge < -0.3 is 9.88 Å². The summed E-state index contributed by atoms with van der Waals surface area (Å²) < 4.78 is 65.7. The fourth-order valence-corrected chi connectivity index (χ4v) is 4.59. The Morgan fingerprint density at radius 2 is 1.78 bits per heavy atom. The van der Waals surface area contributed by atoms with Gasteiger partial charge in [0.05, 0.1) is 10.5 Å². The van der Waals surface area contributed by atoms with Gasteiger partial charge in [-0.05, 0) is 40.2 Å². The van der Waals surface area contributed by atoms with E-state index in [2.05, 4.69) is 20.9 Å². The van der Waals surface area contributed by atoms with Gasteiger partial charge in [-0.2, -0.15) is 17.5 Å². The second kappa shape index (κ2) is 7.28. The minimum absolute atomic E-state index is 0.00615. The molecule has 6 nitrogen and oxygen atoms in total. The lowest BCUT2D eigenvalue weighted by molar-refractivity contribution is -0.137. The average molecular weight is 466 g/mol. The molecule has 0 radical (unpaired) electrons. The van der Waals surface area contributed by atoms with Crippen LogP contribution in [-0.4, -0.2) is 54.7 Å². The van der Waals surface area contributed by atoms with E-state index in [9.17, 15) is 26.4 Å². The Morgan fingerprint density at radius 1 is 1.11 bits per heavy atom. The molecule has 0 bridgehead atoms. The molecule has 1 aliphatic heterocycles. The van der Waals surface area contributed by atoms with Crippen LogP contribution >= 0.6 is 15.9 Å². The van der Waals surface area contributed by atoms with Crippen LogP contribution in [-0.2, 0) is 16.2 Å². The van der Waals surface area contributed by atoms with Gasteiger partial charge in [0.1, 0.15) is 5.69 Å². The summed E-state index contributed by atoms with van der Waals surface area (Å²) in [4.78, 5) is 16.3. The van der Waals surface area contributed by atoms with E-state index in [1.165, 1.54) is 4.90 Å². The molecule has 0 aliphatic carbocycles. The van der Waals surface area contributed by atoms with Gasteiger partial charge >= 0.3 is 6.18 Å². The Balaban J connectivity index is 1.72. The number of hydrogen-bond acceptors (Lipinski definition) is 3. The molecule has 27 heavy (non-hydrogen) atoms. The number of rotatable bonds is 3. The van der Waals surface area contributed by atoms with Gasteiger partial charge in [0.15, 0.2) is 0 Å². The number of alkyl halides is 3. The van der Waals surface area contributed by atoms with Gasteiger partial charge in [-0.1, -0.05) is 6.07 Å². The van der Waals surface area contributed by atoms with E-state index in [1.54, 1.807) is 12.3 Å². The van der Waals surface area contributed by atoms with Crippen molar-refractivity contribution in [1.82, 2.24) is 14.2 Å². The van der Waals surface area contributed by atoms with E-state index in [0.29, 0.717) is 11.8 Å². The number of carbonyl (C=O) groups is 1. The first-order valence-electron chi connectivity index (χ1n) is 7.89. The standard InChI is InChI=1S/C16H15BrF3N3O3S/c17-12-9-14(21-10-12)15(24)22-4-6-23(7-5-22)27(25,26)13-3-1-2-11(8-13)16(18,19)20/h1-3,8-10,21H,4-7H2. The van der Waals surface area contributed by atoms with Crippen molar-refractivity contribution in [3.8, 4) is 0 Å². The predicted octanol–water partition coefficient (Wildman–Crippen LogP) is 2.94. The van der Waals surface area contributed by atoms with Crippen LogP contribution in [0.1, 0.15) is 16.1 Å². The molecule has 11 heteroatoms. The van der Waals surface area contributed by atoms with Crippen LogP contribution in [0.25, 0.3) is 0 Å². The Hall–Kier alpha value is -1.85. The van der Waals surface area contributed by atoms with Gasteiger partial charge in [-0.3, -0.25) is 4.79 Å². The number of H-pyrrole nitrogens is 1. The minimum atomic E-state index is -4.62. The van der Waals surface area contributed by atoms with Gasteiger partial charge in [0.25, 0.3) is 5.91 Å². The summed E-state index contributed by atoms with van der Waals surface area (Å²) in [6.07, 6.45) is -3.01. The SMILES string of the molecule is O=C(c1cc(Br)c[nH]1)N1CCN(S(=O)(=O)c2cccc(C(F)(F)F)c2)CC1. The van der Waals surface area contributed by atoms with Gasteiger partial charge in [0, 0.05) is 36.8 Å². The number of aromatic amines is 1. The highest BCUT2D eigenvalue weighted by Crippen LogP contribution is 2.31.